The minimum Gasteiger partial charge on any atom is -0.466 e. The number of imide groups is 1. The lowest BCUT2D eigenvalue weighted by Crippen LogP contribution is -2.49. The van der Waals surface area contributed by atoms with Gasteiger partial charge in [-0.1, -0.05) is 0 Å². The number of nitrogens with zero attached hydrogens (tertiary/aromatic N) is 2. The third-order valence-corrected chi connectivity index (χ3v) is 7.16. The summed E-state index contributed by atoms with van der Waals surface area (Å²) in [6.07, 6.45) is 3.43. The van der Waals surface area contributed by atoms with Gasteiger partial charge in [-0.25, -0.2) is 13.2 Å². The van der Waals surface area contributed by atoms with E-state index in [4.69, 9.17) is 4.42 Å². The number of urea groups is 1. The second kappa shape index (κ2) is 6.08. The molecule has 0 radical (unpaired) electrons. The molecule has 4 amide bonds. The largest absolute Gasteiger partial charge is 0.466 e. The minimum atomic E-state index is -3.14. The molecule has 1 aliphatic carbocycles. The van der Waals surface area contributed by atoms with Crippen molar-refractivity contribution >= 4 is 27.7 Å². The summed E-state index contributed by atoms with van der Waals surface area (Å²) in [5, 5.41) is 2.58. The van der Waals surface area contributed by atoms with Gasteiger partial charge in [-0.3, -0.25) is 14.5 Å². The van der Waals surface area contributed by atoms with Gasteiger partial charge in [0.25, 0.3) is 5.91 Å². The highest BCUT2D eigenvalue weighted by atomic mass is 32.2. The van der Waals surface area contributed by atoms with E-state index in [1.807, 2.05) is 0 Å². The molecule has 3 aliphatic rings. The zero-order valence-electron chi connectivity index (χ0n) is 14.9. The van der Waals surface area contributed by atoms with Crippen molar-refractivity contribution in [2.75, 3.05) is 18.1 Å². The van der Waals surface area contributed by atoms with Crippen molar-refractivity contribution in [1.29, 1.82) is 0 Å². The molecule has 1 saturated carbocycles. The first kappa shape index (κ1) is 18.0. The number of carbonyl (C=O) groups excluding carboxylic acids is 3. The first-order valence-corrected chi connectivity index (χ1v) is 10.7. The third kappa shape index (κ3) is 3.11. The molecule has 27 heavy (non-hydrogen) atoms. The minimum absolute atomic E-state index is 0.00646. The lowest BCUT2D eigenvalue weighted by atomic mass is 9.99. The van der Waals surface area contributed by atoms with Crippen LogP contribution in [0.4, 0.5) is 4.79 Å². The van der Waals surface area contributed by atoms with Crippen molar-refractivity contribution < 1.29 is 27.2 Å². The Labute approximate surface area is 156 Å². The highest BCUT2D eigenvalue weighted by molar-refractivity contribution is 7.91. The Hall–Kier alpha value is -2.36. The van der Waals surface area contributed by atoms with Gasteiger partial charge in [0, 0.05) is 12.1 Å². The maximum Gasteiger partial charge on any atom is 0.325 e. The predicted molar refractivity (Wildman–Crippen MR) is 93.2 cm³/mol. The van der Waals surface area contributed by atoms with Gasteiger partial charge >= 0.3 is 6.03 Å². The number of sulfone groups is 1. The molecule has 1 N–H and O–H groups in total. The molecule has 10 heteroatoms. The molecule has 2 saturated heterocycles. The average molecular weight is 395 g/mol. The highest BCUT2D eigenvalue weighted by Gasteiger charge is 2.52. The molecule has 0 bridgehead atoms. The first-order chi connectivity index (χ1) is 12.7. The number of furan rings is 1. The predicted octanol–water partition coefficient (Wildman–Crippen LogP) is 0.225. The molecule has 2 aliphatic heterocycles. The van der Waals surface area contributed by atoms with Gasteiger partial charge in [-0.05, 0) is 38.3 Å². The molecule has 4 rings (SSSR count). The van der Waals surface area contributed by atoms with Crippen LogP contribution in [0.3, 0.4) is 0 Å². The van der Waals surface area contributed by atoms with Crippen molar-refractivity contribution in [3.05, 3.63) is 24.2 Å². The number of hydrogen-bond acceptors (Lipinski definition) is 6. The summed E-state index contributed by atoms with van der Waals surface area (Å²) in [4.78, 5) is 40.5. The fourth-order valence-corrected chi connectivity index (χ4v) is 5.55. The Morgan fingerprint density at radius 3 is 2.63 bits per heavy atom. The molecule has 146 valence electrons. The standard InChI is InChI=1S/C17H21N3O6S/c1-17(13-3-2-7-26-13)15(22)19(16(23)18-17)9-14(21)20(11-4-5-11)12-6-8-27(24,25)10-12/h2-3,7,11-12H,4-6,8-10H2,1H3,(H,18,23)/t12-,17+/m1/s1. The molecule has 0 aromatic carbocycles. The second-order valence-corrected chi connectivity index (χ2v) is 9.74. The van der Waals surface area contributed by atoms with Gasteiger partial charge in [0.2, 0.25) is 5.91 Å². The molecular formula is C17H21N3O6S. The smallest absolute Gasteiger partial charge is 0.325 e. The lowest BCUT2D eigenvalue weighted by Gasteiger charge is -2.29. The summed E-state index contributed by atoms with van der Waals surface area (Å²) in [5.41, 5.74) is -1.36. The lowest BCUT2D eigenvalue weighted by molar-refractivity contribution is -0.140. The van der Waals surface area contributed by atoms with E-state index in [1.165, 1.54) is 13.2 Å². The van der Waals surface area contributed by atoms with E-state index < -0.39 is 39.8 Å². The summed E-state index contributed by atoms with van der Waals surface area (Å²) < 4.78 is 28.9. The fourth-order valence-electron chi connectivity index (χ4n) is 3.84. The number of amides is 4. The second-order valence-electron chi connectivity index (χ2n) is 7.51. The Morgan fingerprint density at radius 1 is 1.33 bits per heavy atom. The molecule has 3 fully saturated rings. The van der Waals surface area contributed by atoms with E-state index in [0.29, 0.717) is 6.42 Å². The van der Waals surface area contributed by atoms with Gasteiger partial charge in [-0.15, -0.1) is 0 Å². The first-order valence-electron chi connectivity index (χ1n) is 8.91. The zero-order chi connectivity index (χ0) is 19.4. The SMILES string of the molecule is C[C@@]1(c2ccco2)NC(=O)N(CC(=O)N(C2CC2)[C@@H]2CCS(=O)(=O)C2)C1=O. The normalized spacial score (nSPS) is 29.8. The van der Waals surface area contributed by atoms with Crippen LogP contribution < -0.4 is 5.32 Å². The average Bonchev–Trinajstić information content (AvgIpc) is 3.04. The van der Waals surface area contributed by atoms with Crippen LogP contribution in [-0.4, -0.2) is 66.2 Å². The number of carbonyl (C=O) groups is 3. The van der Waals surface area contributed by atoms with Crippen LogP contribution in [-0.2, 0) is 25.0 Å². The molecule has 9 nitrogen and oxygen atoms in total. The maximum absolute atomic E-state index is 12.9. The molecule has 1 aromatic rings. The van der Waals surface area contributed by atoms with Crippen LogP contribution in [0.15, 0.2) is 22.8 Å². The van der Waals surface area contributed by atoms with E-state index in [1.54, 1.807) is 17.0 Å². The van der Waals surface area contributed by atoms with Gasteiger partial charge < -0.3 is 14.6 Å². The highest BCUT2D eigenvalue weighted by Crippen LogP contribution is 2.33. The molecular weight excluding hydrogens is 374 g/mol. The summed E-state index contributed by atoms with van der Waals surface area (Å²) in [7, 11) is -3.14. The van der Waals surface area contributed by atoms with Crippen molar-refractivity contribution in [2.45, 2.75) is 43.8 Å². The fraction of sp³-hybridized carbons (Fsp3) is 0.588. The number of rotatable bonds is 5. The number of hydrogen-bond donors (Lipinski definition) is 1. The topological polar surface area (TPSA) is 117 Å². The summed E-state index contributed by atoms with van der Waals surface area (Å²) >= 11 is 0. The molecule has 0 unspecified atom stereocenters. The van der Waals surface area contributed by atoms with Gasteiger partial charge in [0.05, 0.1) is 17.8 Å². The van der Waals surface area contributed by atoms with E-state index in [9.17, 15) is 22.8 Å². The van der Waals surface area contributed by atoms with E-state index >= 15 is 0 Å². The summed E-state index contributed by atoms with van der Waals surface area (Å²) in [6, 6.07) is 2.15. The van der Waals surface area contributed by atoms with Crippen LogP contribution >= 0.6 is 0 Å². The van der Waals surface area contributed by atoms with Crippen LogP contribution in [0.25, 0.3) is 0 Å². The van der Waals surface area contributed by atoms with Crippen LogP contribution in [0, 0.1) is 0 Å². The van der Waals surface area contributed by atoms with Gasteiger partial charge in [-0.2, -0.15) is 0 Å². The molecule has 2 atom stereocenters. The Balaban J connectivity index is 1.52. The molecule has 1 aromatic heterocycles. The Bertz CT molecular complexity index is 892. The monoisotopic (exact) mass is 395 g/mol. The zero-order valence-corrected chi connectivity index (χ0v) is 15.7. The van der Waals surface area contributed by atoms with E-state index in [2.05, 4.69) is 5.32 Å². The molecule has 0 spiro atoms. The molecule has 3 heterocycles. The van der Waals surface area contributed by atoms with Crippen molar-refractivity contribution in [2.24, 2.45) is 0 Å². The number of nitrogens with one attached hydrogen (secondary N) is 1. The third-order valence-electron chi connectivity index (χ3n) is 5.41. The van der Waals surface area contributed by atoms with Crippen LogP contribution in [0.2, 0.25) is 0 Å². The van der Waals surface area contributed by atoms with Crippen molar-refractivity contribution in [3.63, 3.8) is 0 Å². The summed E-state index contributed by atoms with van der Waals surface area (Å²) in [5.74, 6) is -0.665. The van der Waals surface area contributed by atoms with E-state index in [-0.39, 0.29) is 29.3 Å². The quantitative estimate of drug-likeness (QED) is 0.713. The Kier molecular flexibility index (Phi) is 4.06. The van der Waals surface area contributed by atoms with Gasteiger partial charge in [0.1, 0.15) is 12.3 Å². The maximum atomic E-state index is 12.9. The van der Waals surface area contributed by atoms with Gasteiger partial charge in [0.15, 0.2) is 15.4 Å². The van der Waals surface area contributed by atoms with Crippen molar-refractivity contribution in [1.82, 2.24) is 15.1 Å². The van der Waals surface area contributed by atoms with Crippen LogP contribution in [0.1, 0.15) is 31.9 Å². The van der Waals surface area contributed by atoms with E-state index in [0.717, 1.165) is 17.7 Å². The van der Waals surface area contributed by atoms with Crippen LogP contribution in [0.5, 0.6) is 0 Å². The summed E-state index contributed by atoms with van der Waals surface area (Å²) in [6.45, 7) is 1.12. The Morgan fingerprint density at radius 2 is 2.07 bits per heavy atom. The van der Waals surface area contributed by atoms with Crippen molar-refractivity contribution in [3.8, 4) is 0 Å².